The van der Waals surface area contributed by atoms with Gasteiger partial charge in [-0.3, -0.25) is 9.69 Å². The van der Waals surface area contributed by atoms with Crippen LogP contribution in [-0.4, -0.2) is 53.2 Å². The van der Waals surface area contributed by atoms with Crippen molar-refractivity contribution < 1.29 is 18.8 Å². The molecule has 6 nitrogen and oxygen atoms in total. The van der Waals surface area contributed by atoms with Crippen molar-refractivity contribution in [1.82, 2.24) is 10.1 Å². The first-order valence-electron chi connectivity index (χ1n) is 9.43. The first-order chi connectivity index (χ1) is 13.6. The van der Waals surface area contributed by atoms with Crippen LogP contribution in [0.2, 0.25) is 0 Å². The van der Waals surface area contributed by atoms with Crippen LogP contribution in [0.5, 0.6) is 5.75 Å². The third-order valence-corrected chi connectivity index (χ3v) is 5.37. The van der Waals surface area contributed by atoms with Crippen molar-refractivity contribution in [2.75, 3.05) is 31.1 Å². The monoisotopic (exact) mass is 383 g/mol. The van der Waals surface area contributed by atoms with Crippen LogP contribution >= 0.6 is 0 Å². The molecule has 3 aromatic rings. The summed E-state index contributed by atoms with van der Waals surface area (Å²) in [6, 6.07) is 8.89. The van der Waals surface area contributed by atoms with Crippen molar-refractivity contribution in [3.63, 3.8) is 0 Å². The average Bonchev–Trinajstić information content (AvgIpc) is 3.18. The molecule has 7 heteroatoms. The fourth-order valence-corrected chi connectivity index (χ4v) is 3.89. The van der Waals surface area contributed by atoms with E-state index in [1.165, 1.54) is 12.1 Å². The predicted molar refractivity (Wildman–Crippen MR) is 104 cm³/mol. The number of hydrogen-bond acceptors (Lipinski definition) is 6. The zero-order chi connectivity index (χ0) is 19.7. The van der Waals surface area contributed by atoms with Crippen molar-refractivity contribution in [3.8, 4) is 5.75 Å². The number of rotatable bonds is 5. The number of Topliss-reactive ketones (excluding diaryl/α,β-unsaturated/α-hetero) is 1. The number of aromatic nitrogens is 1. The number of benzene rings is 2. The summed E-state index contributed by atoms with van der Waals surface area (Å²) in [5.41, 5.74) is 1.75. The Morgan fingerprint density at radius 2 is 1.89 bits per heavy atom. The van der Waals surface area contributed by atoms with Crippen molar-refractivity contribution in [1.29, 1.82) is 0 Å². The van der Waals surface area contributed by atoms with Crippen molar-refractivity contribution >= 4 is 22.4 Å². The van der Waals surface area contributed by atoms with Crippen LogP contribution in [0.15, 0.2) is 47.1 Å². The van der Waals surface area contributed by atoms with E-state index in [1.807, 2.05) is 6.92 Å². The molecule has 0 spiro atoms. The topological polar surface area (TPSA) is 69.8 Å². The normalized spacial score (nSPS) is 16.4. The maximum atomic E-state index is 13.2. The van der Waals surface area contributed by atoms with Crippen molar-refractivity contribution in [3.05, 3.63) is 54.0 Å². The second-order valence-corrected chi connectivity index (χ2v) is 7.00. The van der Waals surface area contributed by atoms with Crippen molar-refractivity contribution in [2.24, 2.45) is 0 Å². The molecule has 1 aliphatic heterocycles. The predicted octanol–water partition coefficient (Wildman–Crippen LogP) is 3.46. The van der Waals surface area contributed by atoms with E-state index in [2.05, 4.69) is 15.0 Å². The summed E-state index contributed by atoms with van der Waals surface area (Å²) < 4.78 is 18.5. The van der Waals surface area contributed by atoms with Crippen LogP contribution in [0.25, 0.3) is 11.0 Å². The van der Waals surface area contributed by atoms with Crippen LogP contribution < -0.4 is 4.90 Å². The largest absolute Gasteiger partial charge is 0.506 e. The molecule has 146 valence electrons. The first kappa shape index (κ1) is 18.4. The van der Waals surface area contributed by atoms with E-state index in [9.17, 15) is 14.3 Å². The molecule has 1 atom stereocenters. The molecule has 2 heterocycles. The van der Waals surface area contributed by atoms with Gasteiger partial charge in [0.2, 0.25) is 0 Å². The Balaban J connectivity index is 1.49. The standard InChI is InChI=1S/C21H22FN3O3/c1-2-17(20(27)14-3-6-16(22)7-4-14)24-9-11-25(12-10-24)19-18(26)8-5-15-13-23-28-21(15)19/h3-8,13,17,26H,2,9-12H2,1H3. The molecular formula is C21H22FN3O3. The smallest absolute Gasteiger partial charge is 0.193 e. The third-order valence-electron chi connectivity index (χ3n) is 5.37. The van der Waals surface area contributed by atoms with E-state index in [-0.39, 0.29) is 23.4 Å². The molecular weight excluding hydrogens is 361 g/mol. The molecule has 1 aliphatic rings. The Kier molecular flexibility index (Phi) is 5.00. The summed E-state index contributed by atoms with van der Waals surface area (Å²) in [4.78, 5) is 17.1. The number of ketones is 1. The van der Waals surface area contributed by atoms with E-state index in [0.29, 0.717) is 49.4 Å². The quantitative estimate of drug-likeness (QED) is 0.681. The molecule has 1 unspecified atom stereocenters. The second kappa shape index (κ2) is 7.59. The van der Waals surface area contributed by atoms with Crippen molar-refractivity contribution in [2.45, 2.75) is 19.4 Å². The average molecular weight is 383 g/mol. The maximum Gasteiger partial charge on any atom is 0.193 e. The molecule has 0 amide bonds. The number of nitrogens with zero attached hydrogens (tertiary/aromatic N) is 3. The SMILES string of the molecule is CCC(C(=O)c1ccc(F)cc1)N1CCN(c2c(O)ccc3cnoc23)CC1. The highest BCUT2D eigenvalue weighted by Crippen LogP contribution is 2.36. The summed E-state index contributed by atoms with van der Waals surface area (Å²) in [7, 11) is 0. The Morgan fingerprint density at radius 1 is 1.18 bits per heavy atom. The lowest BCUT2D eigenvalue weighted by Gasteiger charge is -2.39. The summed E-state index contributed by atoms with van der Waals surface area (Å²) >= 11 is 0. The lowest BCUT2D eigenvalue weighted by atomic mass is 10.00. The summed E-state index contributed by atoms with van der Waals surface area (Å²) in [6.07, 6.45) is 2.31. The highest BCUT2D eigenvalue weighted by molar-refractivity contribution is 6.00. The summed E-state index contributed by atoms with van der Waals surface area (Å²) in [5.74, 6) is -0.178. The molecule has 1 aromatic heterocycles. The number of halogens is 1. The minimum atomic E-state index is -0.348. The highest BCUT2D eigenvalue weighted by atomic mass is 19.1. The van der Waals surface area contributed by atoms with Gasteiger partial charge in [0.1, 0.15) is 17.3 Å². The summed E-state index contributed by atoms with van der Waals surface area (Å²) in [6.45, 7) is 4.64. The van der Waals surface area contributed by atoms with Gasteiger partial charge in [-0.15, -0.1) is 0 Å². The molecule has 1 fully saturated rings. The number of carbonyl (C=O) groups is 1. The molecule has 2 aromatic carbocycles. The minimum Gasteiger partial charge on any atom is -0.506 e. The molecule has 1 saturated heterocycles. The Labute approximate surface area is 162 Å². The van der Waals surface area contributed by atoms with Gasteiger partial charge in [-0.2, -0.15) is 0 Å². The Morgan fingerprint density at radius 3 is 2.57 bits per heavy atom. The second-order valence-electron chi connectivity index (χ2n) is 7.00. The molecule has 0 radical (unpaired) electrons. The zero-order valence-electron chi connectivity index (χ0n) is 15.6. The van der Waals surface area contributed by atoms with Gasteiger partial charge in [-0.05, 0) is 42.8 Å². The van der Waals surface area contributed by atoms with Gasteiger partial charge in [-0.1, -0.05) is 12.1 Å². The number of piperazine rings is 1. The van der Waals surface area contributed by atoms with E-state index in [4.69, 9.17) is 4.52 Å². The fourth-order valence-electron chi connectivity index (χ4n) is 3.89. The molecule has 0 aliphatic carbocycles. The molecule has 0 bridgehead atoms. The minimum absolute atomic E-state index is 0.0103. The summed E-state index contributed by atoms with van der Waals surface area (Å²) in [5, 5.41) is 15.0. The van der Waals surface area contributed by atoms with Gasteiger partial charge >= 0.3 is 0 Å². The number of carbonyl (C=O) groups excluding carboxylic acids is 1. The number of hydrogen-bond donors (Lipinski definition) is 1. The van der Waals surface area contributed by atoms with Crippen LogP contribution in [0, 0.1) is 5.82 Å². The van der Waals surface area contributed by atoms with Crippen LogP contribution in [0.1, 0.15) is 23.7 Å². The molecule has 28 heavy (non-hydrogen) atoms. The number of phenols is 1. The number of anilines is 1. The Hall–Kier alpha value is -2.93. The van der Waals surface area contributed by atoms with E-state index < -0.39 is 0 Å². The zero-order valence-corrected chi connectivity index (χ0v) is 15.6. The molecule has 4 rings (SSSR count). The lowest BCUT2D eigenvalue weighted by molar-refractivity contribution is 0.0801. The molecule has 1 N–H and O–H groups in total. The van der Waals surface area contributed by atoms with Crippen LogP contribution in [0.4, 0.5) is 10.1 Å². The first-order valence-corrected chi connectivity index (χ1v) is 9.43. The van der Waals surface area contributed by atoms with Gasteiger partial charge in [0.15, 0.2) is 11.4 Å². The van der Waals surface area contributed by atoms with Gasteiger partial charge < -0.3 is 14.5 Å². The van der Waals surface area contributed by atoms with E-state index in [1.54, 1.807) is 30.5 Å². The highest BCUT2D eigenvalue weighted by Gasteiger charge is 2.30. The lowest BCUT2D eigenvalue weighted by Crippen LogP contribution is -2.52. The maximum absolute atomic E-state index is 13.2. The van der Waals surface area contributed by atoms with Gasteiger partial charge in [-0.25, -0.2) is 4.39 Å². The third kappa shape index (κ3) is 3.33. The fraction of sp³-hybridized carbons (Fsp3) is 0.333. The number of fused-ring (bicyclic) bond motifs is 1. The van der Waals surface area contributed by atoms with E-state index in [0.717, 1.165) is 5.39 Å². The van der Waals surface area contributed by atoms with Crippen LogP contribution in [-0.2, 0) is 0 Å². The Bertz CT molecular complexity index is 978. The van der Waals surface area contributed by atoms with Gasteiger partial charge in [0, 0.05) is 37.1 Å². The van der Waals surface area contributed by atoms with E-state index >= 15 is 0 Å². The number of aromatic hydroxyl groups is 1. The van der Waals surface area contributed by atoms with Crippen LogP contribution in [0.3, 0.4) is 0 Å². The van der Waals surface area contributed by atoms with Gasteiger partial charge in [0.05, 0.1) is 12.2 Å². The number of phenolic OH excluding ortho intramolecular Hbond substituents is 1. The van der Waals surface area contributed by atoms with Gasteiger partial charge in [0.25, 0.3) is 0 Å². The molecule has 0 saturated carbocycles.